The van der Waals surface area contributed by atoms with E-state index in [1.807, 2.05) is 27.7 Å². The molecule has 0 aromatic heterocycles. The summed E-state index contributed by atoms with van der Waals surface area (Å²) >= 11 is 0. The molecule has 1 N–H and O–H groups in total. The van der Waals surface area contributed by atoms with E-state index < -0.39 is 10.0 Å². The van der Waals surface area contributed by atoms with E-state index in [9.17, 15) is 13.2 Å². The highest BCUT2D eigenvalue weighted by atomic mass is 32.2. The van der Waals surface area contributed by atoms with E-state index in [0.717, 1.165) is 37.7 Å². The Bertz CT molecular complexity index is 711. The maximum Gasteiger partial charge on any atom is 0.251 e. The van der Waals surface area contributed by atoms with Gasteiger partial charge in [0.1, 0.15) is 0 Å². The number of sulfonamides is 1. The number of benzene rings is 1. The van der Waals surface area contributed by atoms with Crippen molar-refractivity contribution in [1.82, 2.24) is 9.62 Å². The number of nitrogens with zero attached hydrogens (tertiary/aromatic N) is 1. The molecule has 25 heavy (non-hydrogen) atoms. The van der Waals surface area contributed by atoms with Gasteiger partial charge in [-0.2, -0.15) is 4.31 Å². The molecule has 1 heterocycles. The number of amides is 1. The van der Waals surface area contributed by atoms with E-state index in [1.54, 1.807) is 16.4 Å². The van der Waals surface area contributed by atoms with Crippen molar-refractivity contribution < 1.29 is 13.2 Å². The number of carbonyl (C=O) groups excluding carboxylic acids is 1. The van der Waals surface area contributed by atoms with Crippen LogP contribution in [0, 0.1) is 6.92 Å². The van der Waals surface area contributed by atoms with E-state index in [-0.39, 0.29) is 22.9 Å². The van der Waals surface area contributed by atoms with Gasteiger partial charge in [0.05, 0.1) is 4.90 Å². The predicted octanol–water partition coefficient (Wildman–Crippen LogP) is 3.48. The molecule has 140 valence electrons. The van der Waals surface area contributed by atoms with Crippen LogP contribution in [0.5, 0.6) is 0 Å². The molecule has 1 aromatic rings. The summed E-state index contributed by atoms with van der Waals surface area (Å²) in [6, 6.07) is 4.98. The second kappa shape index (κ2) is 8.32. The van der Waals surface area contributed by atoms with Crippen LogP contribution in [0.1, 0.15) is 68.8 Å². The SMILES string of the molecule is CCC(CC)NC(=O)c1cc(S(=O)(=O)N2CCCCC2C)ccc1C. The summed E-state index contributed by atoms with van der Waals surface area (Å²) in [4.78, 5) is 12.8. The van der Waals surface area contributed by atoms with Crippen LogP contribution in [0.2, 0.25) is 0 Å². The summed E-state index contributed by atoms with van der Waals surface area (Å²) in [6.07, 6.45) is 4.53. The zero-order chi connectivity index (χ0) is 18.6. The molecule has 0 spiro atoms. The fraction of sp³-hybridized carbons (Fsp3) is 0.632. The third kappa shape index (κ3) is 4.42. The number of hydrogen-bond donors (Lipinski definition) is 1. The highest BCUT2D eigenvalue weighted by Crippen LogP contribution is 2.26. The minimum atomic E-state index is -3.57. The van der Waals surface area contributed by atoms with Crippen LogP contribution in [0.4, 0.5) is 0 Å². The second-order valence-electron chi connectivity index (χ2n) is 6.92. The van der Waals surface area contributed by atoms with Gasteiger partial charge >= 0.3 is 0 Å². The van der Waals surface area contributed by atoms with Gasteiger partial charge in [0.2, 0.25) is 10.0 Å². The zero-order valence-corrected chi connectivity index (χ0v) is 16.5. The molecule has 1 amide bonds. The Morgan fingerprint density at radius 1 is 1.28 bits per heavy atom. The van der Waals surface area contributed by atoms with Crippen molar-refractivity contribution in [3.8, 4) is 0 Å². The molecule has 1 aromatic carbocycles. The normalized spacial score (nSPS) is 19.2. The summed E-state index contributed by atoms with van der Waals surface area (Å²) in [5.41, 5.74) is 1.23. The molecule has 0 radical (unpaired) electrons. The maximum atomic E-state index is 13.0. The molecule has 2 rings (SSSR count). The van der Waals surface area contributed by atoms with E-state index in [2.05, 4.69) is 5.32 Å². The Balaban J connectivity index is 2.33. The lowest BCUT2D eigenvalue weighted by atomic mass is 10.1. The monoisotopic (exact) mass is 366 g/mol. The molecule has 6 heteroatoms. The number of aryl methyl sites for hydroxylation is 1. The Kier molecular flexibility index (Phi) is 6.63. The van der Waals surface area contributed by atoms with Gasteiger partial charge in [-0.25, -0.2) is 8.42 Å². The third-order valence-electron chi connectivity index (χ3n) is 5.12. The van der Waals surface area contributed by atoms with Crippen LogP contribution in [0.15, 0.2) is 23.1 Å². The average Bonchev–Trinajstić information content (AvgIpc) is 2.59. The van der Waals surface area contributed by atoms with Gasteiger partial charge in [0.25, 0.3) is 5.91 Å². The smallest absolute Gasteiger partial charge is 0.251 e. The van der Waals surface area contributed by atoms with Gasteiger partial charge in [0, 0.05) is 24.2 Å². The Morgan fingerprint density at radius 3 is 2.56 bits per heavy atom. The molecule has 1 fully saturated rings. The molecular weight excluding hydrogens is 336 g/mol. The van der Waals surface area contributed by atoms with Crippen molar-refractivity contribution in [3.05, 3.63) is 29.3 Å². The molecule has 0 bridgehead atoms. The summed E-state index contributed by atoms with van der Waals surface area (Å²) in [6.45, 7) is 8.39. The van der Waals surface area contributed by atoms with Gasteiger partial charge in [-0.1, -0.05) is 26.3 Å². The Labute approximate surface area is 151 Å². The lowest BCUT2D eigenvalue weighted by Gasteiger charge is -2.32. The highest BCUT2D eigenvalue weighted by Gasteiger charge is 2.31. The summed E-state index contributed by atoms with van der Waals surface area (Å²) in [5, 5.41) is 2.99. The quantitative estimate of drug-likeness (QED) is 0.838. The molecular formula is C19H30N2O3S. The Hall–Kier alpha value is -1.40. The molecule has 1 unspecified atom stereocenters. The molecule has 0 aliphatic carbocycles. The van der Waals surface area contributed by atoms with Gasteiger partial charge in [-0.3, -0.25) is 4.79 Å². The minimum Gasteiger partial charge on any atom is -0.349 e. The largest absolute Gasteiger partial charge is 0.349 e. The molecule has 5 nitrogen and oxygen atoms in total. The fourth-order valence-electron chi connectivity index (χ4n) is 3.33. The van der Waals surface area contributed by atoms with Gasteiger partial charge < -0.3 is 5.32 Å². The first-order valence-corrected chi connectivity index (χ1v) is 10.7. The van der Waals surface area contributed by atoms with Gasteiger partial charge in [0.15, 0.2) is 0 Å². The van der Waals surface area contributed by atoms with E-state index in [0.29, 0.717) is 12.1 Å². The van der Waals surface area contributed by atoms with Crippen molar-refractivity contribution in [3.63, 3.8) is 0 Å². The van der Waals surface area contributed by atoms with Crippen LogP contribution in [-0.4, -0.2) is 37.3 Å². The molecule has 1 atom stereocenters. The first-order valence-electron chi connectivity index (χ1n) is 9.24. The van der Waals surface area contributed by atoms with Gasteiger partial charge in [-0.15, -0.1) is 0 Å². The van der Waals surface area contributed by atoms with E-state index >= 15 is 0 Å². The topological polar surface area (TPSA) is 66.5 Å². The van der Waals surface area contributed by atoms with E-state index in [1.165, 1.54) is 6.07 Å². The fourth-order valence-corrected chi connectivity index (χ4v) is 5.05. The number of hydrogen-bond acceptors (Lipinski definition) is 3. The predicted molar refractivity (Wildman–Crippen MR) is 100 cm³/mol. The third-order valence-corrected chi connectivity index (χ3v) is 7.13. The number of rotatable bonds is 6. The van der Waals surface area contributed by atoms with Gasteiger partial charge in [-0.05, 0) is 57.2 Å². The molecule has 0 saturated carbocycles. The maximum absolute atomic E-state index is 13.0. The first-order chi connectivity index (χ1) is 11.8. The minimum absolute atomic E-state index is 0.00175. The number of piperidine rings is 1. The van der Waals surface area contributed by atoms with Crippen LogP contribution in [0.25, 0.3) is 0 Å². The molecule has 1 aliphatic heterocycles. The van der Waals surface area contributed by atoms with Crippen molar-refractivity contribution >= 4 is 15.9 Å². The van der Waals surface area contributed by atoms with Crippen molar-refractivity contribution in [2.45, 2.75) is 76.8 Å². The van der Waals surface area contributed by atoms with Crippen molar-refractivity contribution in [1.29, 1.82) is 0 Å². The van der Waals surface area contributed by atoms with Crippen molar-refractivity contribution in [2.24, 2.45) is 0 Å². The van der Waals surface area contributed by atoms with Crippen LogP contribution in [-0.2, 0) is 10.0 Å². The van der Waals surface area contributed by atoms with Crippen LogP contribution >= 0.6 is 0 Å². The number of carbonyl (C=O) groups is 1. The lowest BCUT2D eigenvalue weighted by molar-refractivity contribution is 0.0934. The van der Waals surface area contributed by atoms with Crippen LogP contribution in [0.3, 0.4) is 0 Å². The van der Waals surface area contributed by atoms with Crippen LogP contribution < -0.4 is 5.32 Å². The standard InChI is InChI=1S/C19H30N2O3S/c1-5-16(6-2)20-19(22)18-13-17(11-10-14(18)3)25(23,24)21-12-8-7-9-15(21)4/h10-11,13,15-16H,5-9,12H2,1-4H3,(H,20,22). The first kappa shape index (κ1) is 19.9. The molecule has 1 saturated heterocycles. The van der Waals surface area contributed by atoms with E-state index in [4.69, 9.17) is 0 Å². The lowest BCUT2D eigenvalue weighted by Crippen LogP contribution is -2.42. The molecule has 1 aliphatic rings. The highest BCUT2D eigenvalue weighted by molar-refractivity contribution is 7.89. The number of nitrogens with one attached hydrogen (secondary N) is 1. The zero-order valence-electron chi connectivity index (χ0n) is 15.7. The summed E-state index contributed by atoms with van der Waals surface area (Å²) < 4.78 is 27.6. The summed E-state index contributed by atoms with van der Waals surface area (Å²) in [5.74, 6) is -0.199. The van der Waals surface area contributed by atoms with Crippen molar-refractivity contribution in [2.75, 3.05) is 6.54 Å². The summed E-state index contributed by atoms with van der Waals surface area (Å²) in [7, 11) is -3.57. The second-order valence-corrected chi connectivity index (χ2v) is 8.81. The Morgan fingerprint density at radius 2 is 1.96 bits per heavy atom. The average molecular weight is 367 g/mol.